The van der Waals surface area contributed by atoms with Gasteiger partial charge in [0.2, 0.25) is 5.95 Å². The molecule has 3 heteroatoms. The summed E-state index contributed by atoms with van der Waals surface area (Å²) in [7, 11) is 0. The summed E-state index contributed by atoms with van der Waals surface area (Å²) in [5, 5.41) is 3.26. The zero-order chi connectivity index (χ0) is 10.6. The number of nitrogens with zero attached hydrogens (tertiary/aromatic N) is 2. The largest absolute Gasteiger partial charge is 0.356 e. The smallest absolute Gasteiger partial charge is 0.203 e. The Morgan fingerprint density at radius 2 is 2.14 bits per heavy atom. The Balaban J connectivity index is 2.68. The molecule has 1 heterocycles. The van der Waals surface area contributed by atoms with Gasteiger partial charge >= 0.3 is 0 Å². The number of anilines is 1. The molecule has 0 aliphatic carbocycles. The van der Waals surface area contributed by atoms with Crippen LogP contribution >= 0.6 is 0 Å². The van der Waals surface area contributed by atoms with Crippen LogP contribution in [0.1, 0.15) is 40.2 Å². The van der Waals surface area contributed by atoms with Gasteiger partial charge in [-0.3, -0.25) is 0 Å². The van der Waals surface area contributed by atoms with Crippen LogP contribution < -0.4 is 5.32 Å². The van der Waals surface area contributed by atoms with E-state index in [1.807, 2.05) is 12.4 Å². The molecule has 0 aliphatic heterocycles. The predicted octanol–water partition coefficient (Wildman–Crippen LogP) is 2.92. The molecule has 0 fully saturated rings. The van der Waals surface area contributed by atoms with Crippen LogP contribution in [-0.4, -0.2) is 16.1 Å². The third-order valence-electron chi connectivity index (χ3n) is 2.29. The summed E-state index contributed by atoms with van der Waals surface area (Å²) < 4.78 is 2.21. The van der Waals surface area contributed by atoms with Crippen molar-refractivity contribution >= 4 is 5.95 Å². The van der Waals surface area contributed by atoms with Crippen molar-refractivity contribution in [2.45, 2.75) is 40.2 Å². The van der Waals surface area contributed by atoms with Gasteiger partial charge in [-0.25, -0.2) is 4.98 Å². The number of hydrogen-bond donors (Lipinski definition) is 1. The van der Waals surface area contributed by atoms with Crippen molar-refractivity contribution in [3.8, 4) is 0 Å². The maximum atomic E-state index is 4.29. The van der Waals surface area contributed by atoms with Gasteiger partial charge in [0.15, 0.2) is 0 Å². The molecular weight excluding hydrogens is 174 g/mol. The molecule has 80 valence electrons. The van der Waals surface area contributed by atoms with E-state index in [9.17, 15) is 0 Å². The Morgan fingerprint density at radius 3 is 2.71 bits per heavy atom. The first kappa shape index (κ1) is 11.1. The average molecular weight is 195 g/mol. The fourth-order valence-electron chi connectivity index (χ4n) is 1.76. The quantitative estimate of drug-likeness (QED) is 0.783. The summed E-state index contributed by atoms with van der Waals surface area (Å²) in [5.41, 5.74) is 0. The molecule has 1 N–H and O–H groups in total. The lowest BCUT2D eigenvalue weighted by Gasteiger charge is -2.18. The van der Waals surface area contributed by atoms with Gasteiger partial charge in [-0.2, -0.15) is 0 Å². The van der Waals surface area contributed by atoms with E-state index in [1.54, 1.807) is 0 Å². The second kappa shape index (κ2) is 5.03. The Labute approximate surface area is 86.5 Å². The van der Waals surface area contributed by atoms with Crippen LogP contribution in [0.25, 0.3) is 0 Å². The van der Waals surface area contributed by atoms with Gasteiger partial charge in [0.25, 0.3) is 0 Å². The first-order chi connectivity index (χ1) is 6.65. The van der Waals surface area contributed by atoms with Crippen molar-refractivity contribution in [3.63, 3.8) is 0 Å². The van der Waals surface area contributed by atoms with Gasteiger partial charge in [0.1, 0.15) is 0 Å². The molecule has 14 heavy (non-hydrogen) atoms. The van der Waals surface area contributed by atoms with Crippen molar-refractivity contribution in [2.24, 2.45) is 5.92 Å². The van der Waals surface area contributed by atoms with Crippen LogP contribution in [0.3, 0.4) is 0 Å². The number of imidazole rings is 1. The minimum atomic E-state index is 0.520. The Hall–Kier alpha value is -0.990. The molecule has 0 aromatic carbocycles. The van der Waals surface area contributed by atoms with E-state index in [1.165, 1.54) is 6.42 Å². The highest BCUT2D eigenvalue weighted by Gasteiger charge is 2.10. The molecule has 1 aromatic rings. The van der Waals surface area contributed by atoms with Gasteiger partial charge < -0.3 is 9.88 Å². The molecule has 1 aromatic heterocycles. The van der Waals surface area contributed by atoms with Crippen LogP contribution in [0.4, 0.5) is 5.95 Å². The highest BCUT2D eigenvalue weighted by atomic mass is 15.2. The first-order valence-corrected chi connectivity index (χ1v) is 5.41. The Kier molecular flexibility index (Phi) is 3.98. The minimum absolute atomic E-state index is 0.520. The molecule has 0 amide bonds. The van der Waals surface area contributed by atoms with Crippen LogP contribution in [0.15, 0.2) is 12.4 Å². The van der Waals surface area contributed by atoms with Gasteiger partial charge in [0, 0.05) is 25.0 Å². The SMILES string of the molecule is CCNc1nccn1C(C)CC(C)C. The summed E-state index contributed by atoms with van der Waals surface area (Å²) in [6.07, 6.45) is 5.09. The van der Waals surface area contributed by atoms with E-state index in [-0.39, 0.29) is 0 Å². The number of rotatable bonds is 5. The molecule has 0 radical (unpaired) electrons. The third kappa shape index (κ3) is 2.76. The van der Waals surface area contributed by atoms with E-state index in [0.717, 1.165) is 18.4 Å². The predicted molar refractivity (Wildman–Crippen MR) is 60.6 cm³/mol. The van der Waals surface area contributed by atoms with Crippen molar-refractivity contribution in [1.82, 2.24) is 9.55 Å². The van der Waals surface area contributed by atoms with Crippen LogP contribution in [0.5, 0.6) is 0 Å². The van der Waals surface area contributed by atoms with Gasteiger partial charge in [-0.05, 0) is 26.2 Å². The summed E-state index contributed by atoms with van der Waals surface area (Å²) in [6, 6.07) is 0.520. The zero-order valence-electron chi connectivity index (χ0n) is 9.62. The summed E-state index contributed by atoms with van der Waals surface area (Å²) in [6.45, 7) is 9.75. The van der Waals surface area contributed by atoms with Crippen molar-refractivity contribution < 1.29 is 0 Å². The third-order valence-corrected chi connectivity index (χ3v) is 2.29. The monoisotopic (exact) mass is 195 g/mol. The lowest BCUT2D eigenvalue weighted by Crippen LogP contribution is -2.12. The standard InChI is InChI=1S/C11H21N3/c1-5-12-11-13-6-7-14(11)10(4)8-9(2)3/h6-7,9-10H,5,8H2,1-4H3,(H,12,13). The van der Waals surface area contributed by atoms with Crippen LogP contribution in [0, 0.1) is 5.92 Å². The highest BCUT2D eigenvalue weighted by Crippen LogP contribution is 2.20. The molecule has 0 spiro atoms. The normalized spacial score (nSPS) is 13.2. The van der Waals surface area contributed by atoms with Gasteiger partial charge in [-0.15, -0.1) is 0 Å². The van der Waals surface area contributed by atoms with E-state index in [4.69, 9.17) is 0 Å². The molecule has 1 rings (SSSR count). The lowest BCUT2D eigenvalue weighted by molar-refractivity contribution is 0.431. The minimum Gasteiger partial charge on any atom is -0.356 e. The van der Waals surface area contributed by atoms with Gasteiger partial charge in [0.05, 0.1) is 0 Å². The van der Waals surface area contributed by atoms with Crippen molar-refractivity contribution in [2.75, 3.05) is 11.9 Å². The average Bonchev–Trinajstić information content (AvgIpc) is 2.51. The van der Waals surface area contributed by atoms with E-state index in [0.29, 0.717) is 6.04 Å². The number of aromatic nitrogens is 2. The fraction of sp³-hybridized carbons (Fsp3) is 0.727. The van der Waals surface area contributed by atoms with Crippen LogP contribution in [0.2, 0.25) is 0 Å². The maximum absolute atomic E-state index is 4.29. The molecular formula is C11H21N3. The second-order valence-corrected chi connectivity index (χ2v) is 4.17. The molecule has 0 bridgehead atoms. The number of nitrogens with one attached hydrogen (secondary N) is 1. The Bertz CT molecular complexity index is 265. The van der Waals surface area contributed by atoms with Crippen LogP contribution in [-0.2, 0) is 0 Å². The fourth-order valence-corrected chi connectivity index (χ4v) is 1.76. The lowest BCUT2D eigenvalue weighted by atomic mass is 10.1. The van der Waals surface area contributed by atoms with E-state index >= 15 is 0 Å². The summed E-state index contributed by atoms with van der Waals surface area (Å²) in [5.74, 6) is 1.71. The maximum Gasteiger partial charge on any atom is 0.203 e. The molecule has 0 saturated carbocycles. The molecule has 3 nitrogen and oxygen atoms in total. The second-order valence-electron chi connectivity index (χ2n) is 4.17. The molecule has 1 unspecified atom stereocenters. The van der Waals surface area contributed by atoms with E-state index in [2.05, 4.69) is 42.6 Å². The topological polar surface area (TPSA) is 29.9 Å². The summed E-state index contributed by atoms with van der Waals surface area (Å²) in [4.78, 5) is 4.29. The molecule has 1 atom stereocenters. The molecule has 0 aliphatic rings. The Morgan fingerprint density at radius 1 is 1.43 bits per heavy atom. The van der Waals surface area contributed by atoms with Crippen molar-refractivity contribution in [3.05, 3.63) is 12.4 Å². The molecule has 0 saturated heterocycles. The van der Waals surface area contributed by atoms with Gasteiger partial charge in [-0.1, -0.05) is 13.8 Å². The number of hydrogen-bond acceptors (Lipinski definition) is 2. The summed E-state index contributed by atoms with van der Waals surface area (Å²) >= 11 is 0. The van der Waals surface area contributed by atoms with E-state index < -0.39 is 0 Å². The van der Waals surface area contributed by atoms with Crippen molar-refractivity contribution in [1.29, 1.82) is 0 Å². The zero-order valence-corrected chi connectivity index (χ0v) is 9.62. The highest BCUT2D eigenvalue weighted by molar-refractivity contribution is 5.26. The first-order valence-electron chi connectivity index (χ1n) is 5.41.